The van der Waals surface area contributed by atoms with E-state index in [9.17, 15) is 9.59 Å². The molecule has 7 heteroatoms. The van der Waals surface area contributed by atoms with Gasteiger partial charge >= 0.3 is 5.97 Å². The number of carbonyl (C=O) groups excluding carboxylic acids is 1. The minimum Gasteiger partial charge on any atom is -0.481 e. The molecular weight excluding hydrogens is 322 g/mol. The molecular formula is C18H17N3O4. The Morgan fingerprint density at radius 1 is 1.16 bits per heavy atom. The summed E-state index contributed by atoms with van der Waals surface area (Å²) in [6.45, 7) is -0.579. The second kappa shape index (κ2) is 8.30. The highest BCUT2D eigenvalue weighted by Gasteiger charge is 2.17. The van der Waals surface area contributed by atoms with Crippen molar-refractivity contribution in [2.24, 2.45) is 10.7 Å². The van der Waals surface area contributed by atoms with Crippen LogP contribution in [0.3, 0.4) is 0 Å². The van der Waals surface area contributed by atoms with Crippen LogP contribution in [0.25, 0.3) is 0 Å². The number of carbonyl (C=O) groups is 2. The third kappa shape index (κ3) is 4.93. The second-order valence-corrected chi connectivity index (χ2v) is 4.98. The average Bonchev–Trinajstić information content (AvgIpc) is 2.61. The number of hydrogen-bond acceptors (Lipinski definition) is 6. The van der Waals surface area contributed by atoms with E-state index >= 15 is 0 Å². The number of carboxylic acids is 1. The number of para-hydroxylation sites is 1. The first-order valence-corrected chi connectivity index (χ1v) is 7.31. The van der Waals surface area contributed by atoms with Crippen LogP contribution in [-0.2, 0) is 4.79 Å². The SMILES string of the molecule is NC=C(C=Nc1ccccc1)C(=O)c1cc(N)ccc1OCC(=O)O. The van der Waals surface area contributed by atoms with Crippen molar-refractivity contribution in [2.45, 2.75) is 0 Å². The fourth-order valence-corrected chi connectivity index (χ4v) is 1.98. The largest absolute Gasteiger partial charge is 0.481 e. The van der Waals surface area contributed by atoms with Gasteiger partial charge in [-0.25, -0.2) is 4.79 Å². The van der Waals surface area contributed by atoms with Crippen LogP contribution in [0, 0.1) is 0 Å². The normalized spacial score (nSPS) is 11.4. The molecule has 0 unspecified atom stereocenters. The zero-order valence-electron chi connectivity index (χ0n) is 13.3. The summed E-state index contributed by atoms with van der Waals surface area (Å²) in [5, 5.41) is 8.74. The molecule has 0 saturated carbocycles. The number of ether oxygens (including phenoxy) is 1. The molecule has 0 radical (unpaired) electrons. The number of anilines is 1. The Balaban J connectivity index is 2.29. The zero-order chi connectivity index (χ0) is 18.2. The van der Waals surface area contributed by atoms with E-state index < -0.39 is 18.4 Å². The molecule has 0 heterocycles. The predicted molar refractivity (Wildman–Crippen MR) is 95.2 cm³/mol. The number of nitrogens with zero attached hydrogens (tertiary/aromatic N) is 1. The topological polar surface area (TPSA) is 128 Å². The van der Waals surface area contributed by atoms with Gasteiger partial charge in [0.15, 0.2) is 12.4 Å². The quantitative estimate of drug-likeness (QED) is 0.307. The van der Waals surface area contributed by atoms with E-state index in [1.807, 2.05) is 18.2 Å². The molecule has 0 bridgehead atoms. The van der Waals surface area contributed by atoms with Crippen molar-refractivity contribution >= 4 is 29.3 Å². The third-order valence-corrected chi connectivity index (χ3v) is 3.15. The molecule has 2 rings (SSSR count). The van der Waals surface area contributed by atoms with Crippen molar-refractivity contribution in [3.8, 4) is 5.75 Å². The molecule has 5 N–H and O–H groups in total. The maximum atomic E-state index is 12.7. The van der Waals surface area contributed by atoms with E-state index in [0.29, 0.717) is 11.4 Å². The Labute approximate surface area is 144 Å². The lowest BCUT2D eigenvalue weighted by Gasteiger charge is -2.10. The number of Topliss-reactive ketones (excluding diaryl/α,β-unsaturated/α-hetero) is 1. The van der Waals surface area contributed by atoms with Gasteiger partial charge in [-0.1, -0.05) is 18.2 Å². The highest BCUT2D eigenvalue weighted by Crippen LogP contribution is 2.24. The molecule has 25 heavy (non-hydrogen) atoms. The van der Waals surface area contributed by atoms with Gasteiger partial charge in [0.1, 0.15) is 5.75 Å². The Bertz CT molecular complexity index is 829. The lowest BCUT2D eigenvalue weighted by atomic mass is 10.0. The van der Waals surface area contributed by atoms with E-state index in [2.05, 4.69) is 4.99 Å². The maximum absolute atomic E-state index is 12.7. The number of benzene rings is 2. The minimum absolute atomic E-state index is 0.106. The van der Waals surface area contributed by atoms with Crippen LogP contribution in [0.4, 0.5) is 11.4 Å². The number of allylic oxidation sites excluding steroid dienone is 1. The van der Waals surface area contributed by atoms with Crippen LogP contribution >= 0.6 is 0 Å². The lowest BCUT2D eigenvalue weighted by molar-refractivity contribution is -0.139. The first-order chi connectivity index (χ1) is 12.0. The maximum Gasteiger partial charge on any atom is 0.341 e. The van der Waals surface area contributed by atoms with Crippen molar-refractivity contribution in [3.63, 3.8) is 0 Å². The van der Waals surface area contributed by atoms with Crippen molar-refractivity contribution in [2.75, 3.05) is 12.3 Å². The highest BCUT2D eigenvalue weighted by molar-refractivity contribution is 6.22. The van der Waals surface area contributed by atoms with Gasteiger partial charge in [0, 0.05) is 18.1 Å². The predicted octanol–water partition coefficient (Wildman–Crippen LogP) is 2.16. The van der Waals surface area contributed by atoms with E-state index in [0.717, 1.165) is 6.20 Å². The Morgan fingerprint density at radius 2 is 1.88 bits per heavy atom. The van der Waals surface area contributed by atoms with Crippen LogP contribution in [0.15, 0.2) is 65.3 Å². The van der Waals surface area contributed by atoms with Crippen molar-refractivity contribution in [3.05, 3.63) is 65.9 Å². The third-order valence-electron chi connectivity index (χ3n) is 3.15. The summed E-state index contributed by atoms with van der Waals surface area (Å²) in [4.78, 5) is 27.6. The van der Waals surface area contributed by atoms with Crippen LogP contribution in [0.5, 0.6) is 5.75 Å². The number of nitrogens with two attached hydrogens (primary N) is 2. The number of rotatable bonds is 7. The number of ketones is 1. The Hall–Kier alpha value is -3.61. The van der Waals surface area contributed by atoms with Gasteiger partial charge in [-0.05, 0) is 30.3 Å². The summed E-state index contributed by atoms with van der Waals surface area (Å²) < 4.78 is 5.14. The first-order valence-electron chi connectivity index (χ1n) is 7.31. The zero-order valence-corrected chi connectivity index (χ0v) is 13.3. The van der Waals surface area contributed by atoms with Crippen molar-refractivity contribution < 1.29 is 19.4 Å². The molecule has 0 aliphatic rings. The van der Waals surface area contributed by atoms with Crippen LogP contribution in [-0.4, -0.2) is 29.7 Å². The molecule has 0 amide bonds. The van der Waals surface area contributed by atoms with E-state index in [1.165, 1.54) is 24.4 Å². The van der Waals surface area contributed by atoms with E-state index in [-0.39, 0.29) is 16.9 Å². The molecule has 0 aromatic heterocycles. The smallest absolute Gasteiger partial charge is 0.341 e. The molecule has 2 aromatic rings. The van der Waals surface area contributed by atoms with E-state index in [4.69, 9.17) is 21.3 Å². The van der Waals surface area contributed by atoms with Gasteiger partial charge < -0.3 is 21.3 Å². The van der Waals surface area contributed by atoms with Crippen LogP contribution < -0.4 is 16.2 Å². The molecule has 0 fully saturated rings. The Morgan fingerprint density at radius 3 is 2.52 bits per heavy atom. The number of aliphatic imine (C=N–C) groups is 1. The number of aliphatic carboxylic acids is 1. The molecule has 0 aliphatic heterocycles. The first kappa shape index (κ1) is 17.7. The van der Waals surface area contributed by atoms with E-state index in [1.54, 1.807) is 12.1 Å². The summed E-state index contributed by atoms with van der Waals surface area (Å²) in [5.41, 5.74) is 12.5. The summed E-state index contributed by atoms with van der Waals surface area (Å²) >= 11 is 0. The average molecular weight is 339 g/mol. The highest BCUT2D eigenvalue weighted by atomic mass is 16.5. The van der Waals surface area contributed by atoms with Gasteiger partial charge in [0.2, 0.25) is 0 Å². The summed E-state index contributed by atoms with van der Waals surface area (Å²) in [6, 6.07) is 13.4. The number of carboxylic acid groups (broad SMARTS) is 1. The summed E-state index contributed by atoms with van der Waals surface area (Å²) in [6.07, 6.45) is 2.46. The summed E-state index contributed by atoms with van der Waals surface area (Å²) in [7, 11) is 0. The minimum atomic E-state index is -1.16. The molecule has 0 atom stereocenters. The lowest BCUT2D eigenvalue weighted by Crippen LogP contribution is -2.14. The molecule has 0 spiro atoms. The van der Waals surface area contributed by atoms with Gasteiger partial charge in [-0.3, -0.25) is 9.79 Å². The van der Waals surface area contributed by atoms with Crippen LogP contribution in [0.1, 0.15) is 10.4 Å². The van der Waals surface area contributed by atoms with Gasteiger partial charge in [0.25, 0.3) is 0 Å². The fraction of sp³-hybridized carbons (Fsp3) is 0.0556. The molecule has 7 nitrogen and oxygen atoms in total. The van der Waals surface area contributed by atoms with Gasteiger partial charge in [-0.2, -0.15) is 0 Å². The van der Waals surface area contributed by atoms with Crippen molar-refractivity contribution in [1.82, 2.24) is 0 Å². The van der Waals surface area contributed by atoms with Gasteiger partial charge in [-0.15, -0.1) is 0 Å². The number of nitrogen functional groups attached to an aromatic ring is 1. The fourth-order valence-electron chi connectivity index (χ4n) is 1.98. The monoisotopic (exact) mass is 339 g/mol. The van der Waals surface area contributed by atoms with Crippen molar-refractivity contribution in [1.29, 1.82) is 0 Å². The second-order valence-electron chi connectivity index (χ2n) is 4.98. The molecule has 0 aliphatic carbocycles. The van der Waals surface area contributed by atoms with Gasteiger partial charge in [0.05, 0.1) is 16.8 Å². The Kier molecular flexibility index (Phi) is 5.89. The standard InChI is InChI=1S/C18H17N3O4/c19-9-12(10-21-14-4-2-1-3-5-14)18(24)15-8-13(20)6-7-16(15)25-11-17(22)23/h1-10H,11,19-20H2,(H,22,23). The van der Waals surface area contributed by atoms with Crippen LogP contribution in [0.2, 0.25) is 0 Å². The molecule has 0 saturated heterocycles. The summed E-state index contributed by atoms with van der Waals surface area (Å²) in [5.74, 6) is -1.53. The number of hydrogen-bond donors (Lipinski definition) is 3. The molecule has 2 aromatic carbocycles. The molecule has 128 valence electrons.